The summed E-state index contributed by atoms with van der Waals surface area (Å²) in [6.07, 6.45) is 0.246. The van der Waals surface area contributed by atoms with E-state index >= 15 is 0 Å². The van der Waals surface area contributed by atoms with E-state index in [9.17, 15) is 30.6 Å². The Kier molecular flexibility index (Phi) is 9.04. The number of nitrogens with one attached hydrogen (secondary N) is 1. The molecule has 2 unspecified atom stereocenters. The van der Waals surface area contributed by atoms with Gasteiger partial charge in [-0.25, -0.2) is 13.2 Å². The highest BCUT2D eigenvalue weighted by Crippen LogP contribution is 2.29. The molecule has 29 heavy (non-hydrogen) atoms. The summed E-state index contributed by atoms with van der Waals surface area (Å²) < 4.78 is 91.8. The Balaban J connectivity index is 1.98. The van der Waals surface area contributed by atoms with Crippen LogP contribution in [0.1, 0.15) is 24.0 Å². The van der Waals surface area contributed by atoms with Gasteiger partial charge in [0, 0.05) is 28.6 Å². The van der Waals surface area contributed by atoms with Crippen LogP contribution in [0.3, 0.4) is 0 Å². The largest absolute Gasteiger partial charge is 0.456 e. The van der Waals surface area contributed by atoms with Crippen LogP contribution in [0.4, 0.5) is 26.3 Å². The lowest BCUT2D eigenvalue weighted by Gasteiger charge is -2.19. The molecule has 0 radical (unpaired) electrons. The van der Waals surface area contributed by atoms with Gasteiger partial charge in [-0.2, -0.15) is 13.2 Å². The van der Waals surface area contributed by atoms with Crippen LogP contribution in [0.5, 0.6) is 0 Å². The van der Waals surface area contributed by atoms with Gasteiger partial charge in [0.25, 0.3) is 0 Å². The van der Waals surface area contributed by atoms with Crippen molar-refractivity contribution in [3.8, 4) is 0 Å². The van der Waals surface area contributed by atoms with Gasteiger partial charge in [0.2, 0.25) is 0 Å². The molecular formula is C19H19F6NOS2. The van der Waals surface area contributed by atoms with Gasteiger partial charge >= 0.3 is 5.51 Å². The van der Waals surface area contributed by atoms with Gasteiger partial charge < -0.3 is 0 Å². The van der Waals surface area contributed by atoms with Crippen molar-refractivity contribution in [1.82, 2.24) is 4.72 Å². The number of aryl methyl sites for hydroxylation is 1. The molecule has 0 fully saturated rings. The molecule has 160 valence electrons. The summed E-state index contributed by atoms with van der Waals surface area (Å²) in [7, 11) is -1.48. The quantitative estimate of drug-likeness (QED) is 0.369. The number of benzene rings is 2. The van der Waals surface area contributed by atoms with Crippen molar-refractivity contribution in [2.75, 3.05) is 5.75 Å². The van der Waals surface area contributed by atoms with E-state index in [2.05, 4.69) is 4.72 Å². The van der Waals surface area contributed by atoms with Crippen molar-refractivity contribution >= 4 is 22.7 Å². The van der Waals surface area contributed by atoms with Crippen LogP contribution in [0.2, 0.25) is 0 Å². The summed E-state index contributed by atoms with van der Waals surface area (Å²) in [6.45, 7) is -0.649. The number of alkyl halides is 4. The highest BCUT2D eigenvalue weighted by Gasteiger charge is 2.30. The van der Waals surface area contributed by atoms with Crippen molar-refractivity contribution in [3.05, 3.63) is 65.2 Å². The molecule has 10 heteroatoms. The molecule has 0 spiro atoms. The first-order valence-corrected chi connectivity index (χ1v) is 10.8. The first-order valence-electron chi connectivity index (χ1n) is 8.65. The lowest BCUT2D eigenvalue weighted by Crippen LogP contribution is -2.29. The first kappa shape index (κ1) is 23.8. The average Bonchev–Trinajstić information content (AvgIpc) is 2.68. The van der Waals surface area contributed by atoms with Gasteiger partial charge in [0.15, 0.2) is 0 Å². The minimum absolute atomic E-state index is 0.0253. The summed E-state index contributed by atoms with van der Waals surface area (Å²) in [5.74, 6) is -1.20. The summed E-state index contributed by atoms with van der Waals surface area (Å²) in [6, 6.07) is 8.23. The van der Waals surface area contributed by atoms with Crippen molar-refractivity contribution in [1.29, 1.82) is 0 Å². The first-order chi connectivity index (χ1) is 13.7. The molecule has 0 saturated heterocycles. The lowest BCUT2D eigenvalue weighted by atomic mass is 10.0. The molecule has 0 aliphatic rings. The summed E-state index contributed by atoms with van der Waals surface area (Å²) >= 11 is -0.422. The van der Waals surface area contributed by atoms with Gasteiger partial charge in [0.05, 0.1) is 10.8 Å². The molecule has 0 heterocycles. The van der Waals surface area contributed by atoms with E-state index in [-0.39, 0.29) is 30.6 Å². The molecule has 2 aromatic carbocycles. The Morgan fingerprint density at radius 2 is 1.72 bits per heavy atom. The molecule has 2 rings (SSSR count). The maximum absolute atomic E-state index is 13.7. The molecule has 2 atom stereocenters. The molecule has 1 N–H and O–H groups in total. The Morgan fingerprint density at radius 1 is 1.03 bits per heavy atom. The zero-order chi connectivity index (χ0) is 21.4. The van der Waals surface area contributed by atoms with Gasteiger partial charge in [0.1, 0.15) is 18.3 Å². The summed E-state index contributed by atoms with van der Waals surface area (Å²) in [5, 5.41) is 0. The van der Waals surface area contributed by atoms with E-state index in [1.165, 1.54) is 24.3 Å². The van der Waals surface area contributed by atoms with Crippen molar-refractivity contribution in [2.24, 2.45) is 0 Å². The maximum Gasteiger partial charge on any atom is 0.456 e. The number of halogens is 6. The molecule has 0 aliphatic carbocycles. The summed E-state index contributed by atoms with van der Waals surface area (Å²) in [4.78, 5) is 0.445. The molecule has 2 nitrogen and oxygen atoms in total. The van der Waals surface area contributed by atoms with Crippen molar-refractivity contribution in [2.45, 2.75) is 42.4 Å². The monoisotopic (exact) mass is 455 g/mol. The number of hydrogen-bond donors (Lipinski definition) is 1. The third-order valence-electron chi connectivity index (χ3n) is 4.10. The lowest BCUT2D eigenvalue weighted by molar-refractivity contribution is -0.0338. The smallest absolute Gasteiger partial charge is 0.254 e. The normalized spacial score (nSPS) is 14.0. The molecule has 2 aromatic rings. The molecular weight excluding hydrogens is 436 g/mol. The maximum atomic E-state index is 13.7. The van der Waals surface area contributed by atoms with E-state index < -0.39 is 52.6 Å². The van der Waals surface area contributed by atoms with Gasteiger partial charge in [-0.05, 0) is 60.7 Å². The molecule has 0 amide bonds. The highest BCUT2D eigenvalue weighted by atomic mass is 32.2. The van der Waals surface area contributed by atoms with Crippen molar-refractivity contribution in [3.63, 3.8) is 0 Å². The van der Waals surface area contributed by atoms with Crippen LogP contribution in [0.15, 0.2) is 47.4 Å². The van der Waals surface area contributed by atoms with E-state index in [0.29, 0.717) is 10.5 Å². The molecule has 0 saturated carbocycles. The van der Waals surface area contributed by atoms with Crippen LogP contribution in [-0.4, -0.2) is 21.5 Å². The standard InChI is InChI=1S/C19H19F6NOS2/c20-12-13-1-6-17(7-2-13)29(27)10-9-16(26-28-19(23,24)25)5-3-14-11-15(21)4-8-18(14)22/h1-2,4,6-8,11,16,26H,3,5,9-10,12H2. The van der Waals surface area contributed by atoms with Crippen LogP contribution >= 0.6 is 11.9 Å². The molecule has 0 aliphatic heterocycles. The Morgan fingerprint density at radius 3 is 2.34 bits per heavy atom. The van der Waals surface area contributed by atoms with Crippen LogP contribution in [0, 0.1) is 11.6 Å². The zero-order valence-electron chi connectivity index (χ0n) is 15.1. The molecule has 0 bridgehead atoms. The van der Waals surface area contributed by atoms with Crippen molar-refractivity contribution < 1.29 is 30.6 Å². The Bertz CT molecular complexity index is 813. The van der Waals surface area contributed by atoms with E-state index in [4.69, 9.17) is 0 Å². The highest BCUT2D eigenvalue weighted by molar-refractivity contribution is 7.98. The number of hydrogen-bond acceptors (Lipinski definition) is 3. The third-order valence-corrected chi connectivity index (χ3v) is 6.19. The third kappa shape index (κ3) is 8.39. The average molecular weight is 455 g/mol. The minimum atomic E-state index is -4.51. The zero-order valence-corrected chi connectivity index (χ0v) is 16.8. The van der Waals surface area contributed by atoms with Gasteiger partial charge in [-0.1, -0.05) is 12.1 Å². The number of rotatable bonds is 10. The fourth-order valence-corrected chi connectivity index (χ4v) is 4.28. The van der Waals surface area contributed by atoms with Gasteiger partial charge in [-0.15, -0.1) is 0 Å². The predicted octanol–water partition coefficient (Wildman–Crippen LogP) is 5.69. The fourth-order valence-electron chi connectivity index (χ4n) is 2.57. The van der Waals surface area contributed by atoms with Gasteiger partial charge in [-0.3, -0.25) is 8.93 Å². The molecule has 0 aromatic heterocycles. The predicted molar refractivity (Wildman–Crippen MR) is 102 cm³/mol. The van der Waals surface area contributed by atoms with Crippen LogP contribution in [-0.2, 0) is 23.9 Å². The summed E-state index contributed by atoms with van der Waals surface area (Å²) in [5.41, 5.74) is -4.01. The second-order valence-corrected chi connectivity index (χ2v) is 8.73. The SMILES string of the molecule is O=S(CCC(CCc1cc(F)ccc1F)NSC(F)(F)F)c1ccc(CF)cc1. The van der Waals surface area contributed by atoms with E-state index in [0.717, 1.165) is 18.2 Å². The van der Waals surface area contributed by atoms with E-state index in [1.54, 1.807) is 0 Å². The topological polar surface area (TPSA) is 29.1 Å². The second kappa shape index (κ2) is 11.0. The second-order valence-electron chi connectivity index (χ2n) is 6.25. The van der Waals surface area contributed by atoms with Crippen LogP contribution in [0.25, 0.3) is 0 Å². The Hall–Kier alpha value is -1.52. The van der Waals surface area contributed by atoms with E-state index in [1.807, 2.05) is 0 Å². The Labute approximate surface area is 171 Å². The minimum Gasteiger partial charge on any atom is -0.254 e. The fraction of sp³-hybridized carbons (Fsp3) is 0.368. The van der Waals surface area contributed by atoms with Crippen LogP contribution < -0.4 is 4.72 Å².